The molecule has 3 N–H and O–H groups in total. The number of Topliss-reactive ketones (excluding diaryl/α,β-unsaturated/α-hetero) is 1. The summed E-state index contributed by atoms with van der Waals surface area (Å²) < 4.78 is 5.21. The van der Waals surface area contributed by atoms with Crippen molar-refractivity contribution in [3.63, 3.8) is 0 Å². The molecule has 1 heterocycles. The number of hydrogen-bond acceptors (Lipinski definition) is 3. The molecule has 2 aromatic carbocycles. The maximum Gasteiger partial charge on any atom is 0.279 e. The van der Waals surface area contributed by atoms with Crippen molar-refractivity contribution in [3.8, 4) is 5.75 Å². The first kappa shape index (κ1) is 20.0. The topological polar surface area (TPSA) is 64.3 Å². The molecular weight excluding hydrogens is 354 g/mol. The zero-order valence-electron chi connectivity index (χ0n) is 16.6. The Labute approximate surface area is 166 Å². The lowest BCUT2D eigenvalue weighted by Gasteiger charge is -2.29. The van der Waals surface area contributed by atoms with Crippen LogP contribution in [0, 0.1) is 0 Å². The predicted octanol–water partition coefficient (Wildman–Crippen LogP) is -0.180. The number of hydrogen-bond donors (Lipinski definition) is 3. The summed E-state index contributed by atoms with van der Waals surface area (Å²) >= 11 is 0. The van der Waals surface area contributed by atoms with E-state index in [9.17, 15) is 9.59 Å². The van der Waals surface area contributed by atoms with Crippen molar-refractivity contribution in [2.24, 2.45) is 0 Å². The normalized spacial score (nSPS) is 19.1. The predicted molar refractivity (Wildman–Crippen MR) is 108 cm³/mol. The van der Waals surface area contributed by atoms with E-state index in [0.29, 0.717) is 17.8 Å². The van der Waals surface area contributed by atoms with Gasteiger partial charge in [0.15, 0.2) is 12.3 Å². The second-order valence-corrected chi connectivity index (χ2v) is 7.39. The van der Waals surface area contributed by atoms with Crippen LogP contribution in [0.3, 0.4) is 0 Å². The molecule has 1 amide bonds. The highest BCUT2D eigenvalue weighted by Gasteiger charge is 2.25. The van der Waals surface area contributed by atoms with Gasteiger partial charge in [-0.25, -0.2) is 0 Å². The van der Waals surface area contributed by atoms with E-state index in [-0.39, 0.29) is 11.7 Å². The monoisotopic (exact) mass is 383 g/mol. The number of rotatable bonds is 7. The molecule has 1 aliphatic heterocycles. The first-order valence-corrected chi connectivity index (χ1v) is 9.74. The van der Waals surface area contributed by atoms with Crippen LogP contribution in [0.4, 0.5) is 5.69 Å². The summed E-state index contributed by atoms with van der Waals surface area (Å²) in [7, 11) is 1.68. The Morgan fingerprint density at radius 2 is 1.68 bits per heavy atom. The van der Waals surface area contributed by atoms with Crippen LogP contribution in [0.5, 0.6) is 5.75 Å². The van der Waals surface area contributed by atoms with Gasteiger partial charge in [-0.1, -0.05) is 12.1 Å². The van der Waals surface area contributed by atoms with E-state index in [1.54, 1.807) is 30.2 Å². The molecule has 3 rings (SSSR count). The zero-order valence-corrected chi connectivity index (χ0v) is 16.6. The van der Waals surface area contributed by atoms with Crippen LogP contribution in [-0.2, 0) is 11.3 Å². The molecule has 0 radical (unpaired) electrons. The highest BCUT2D eigenvalue weighted by molar-refractivity contribution is 5.97. The number of amides is 1. The van der Waals surface area contributed by atoms with Crippen LogP contribution < -0.4 is 19.9 Å². The Morgan fingerprint density at radius 1 is 1.00 bits per heavy atom. The largest absolute Gasteiger partial charge is 0.497 e. The van der Waals surface area contributed by atoms with Crippen LogP contribution >= 0.6 is 0 Å². The van der Waals surface area contributed by atoms with Crippen molar-refractivity contribution in [3.05, 3.63) is 59.7 Å². The summed E-state index contributed by atoms with van der Waals surface area (Å²) in [5, 5.41) is 2.92. The fraction of sp³-hybridized carbons (Fsp3) is 0.364. The maximum absolute atomic E-state index is 12.4. The van der Waals surface area contributed by atoms with Crippen molar-refractivity contribution in [2.45, 2.75) is 13.5 Å². The van der Waals surface area contributed by atoms with Crippen LogP contribution in [0.2, 0.25) is 0 Å². The van der Waals surface area contributed by atoms with Gasteiger partial charge in [-0.15, -0.1) is 0 Å². The van der Waals surface area contributed by atoms with E-state index in [4.69, 9.17) is 4.74 Å². The molecule has 0 bridgehead atoms. The van der Waals surface area contributed by atoms with E-state index in [1.807, 2.05) is 18.2 Å². The number of ether oxygens (including phenoxy) is 1. The molecule has 0 aliphatic carbocycles. The van der Waals surface area contributed by atoms with E-state index in [0.717, 1.165) is 38.5 Å². The molecule has 1 fully saturated rings. The number of methoxy groups -OCH3 is 1. The van der Waals surface area contributed by atoms with Gasteiger partial charge in [-0.2, -0.15) is 0 Å². The molecule has 1 saturated heterocycles. The second-order valence-electron chi connectivity index (χ2n) is 7.39. The molecule has 0 saturated carbocycles. The number of piperazine rings is 1. The molecule has 148 valence electrons. The number of quaternary nitrogens is 2. The van der Waals surface area contributed by atoms with E-state index in [1.165, 1.54) is 17.4 Å². The van der Waals surface area contributed by atoms with Crippen molar-refractivity contribution < 1.29 is 24.1 Å². The Balaban J connectivity index is 1.44. The quantitative estimate of drug-likeness (QED) is 0.582. The Kier molecular flexibility index (Phi) is 6.79. The number of benzene rings is 2. The van der Waals surface area contributed by atoms with E-state index >= 15 is 0 Å². The van der Waals surface area contributed by atoms with Gasteiger partial charge in [-0.05, 0) is 43.3 Å². The lowest BCUT2D eigenvalue weighted by molar-refractivity contribution is -1.02. The summed E-state index contributed by atoms with van der Waals surface area (Å²) in [5.74, 6) is 0.875. The second kappa shape index (κ2) is 9.48. The van der Waals surface area contributed by atoms with Gasteiger partial charge in [-0.3, -0.25) is 9.59 Å². The molecule has 0 atom stereocenters. The summed E-state index contributed by atoms with van der Waals surface area (Å²) in [6.45, 7) is 7.04. The zero-order chi connectivity index (χ0) is 19.9. The van der Waals surface area contributed by atoms with Gasteiger partial charge in [0.1, 0.15) is 38.5 Å². The Hall–Kier alpha value is -2.70. The third-order valence-electron chi connectivity index (χ3n) is 5.24. The number of nitrogens with one attached hydrogen (secondary N) is 3. The van der Waals surface area contributed by atoms with Crippen LogP contribution in [-0.4, -0.2) is 51.5 Å². The molecule has 0 unspecified atom stereocenters. The minimum absolute atomic E-state index is 0.00215. The van der Waals surface area contributed by atoms with E-state index in [2.05, 4.69) is 17.4 Å². The van der Waals surface area contributed by atoms with Crippen molar-refractivity contribution in [1.82, 2.24) is 0 Å². The smallest absolute Gasteiger partial charge is 0.279 e. The van der Waals surface area contributed by atoms with Gasteiger partial charge >= 0.3 is 0 Å². The SMILES string of the molecule is COc1ccc(C[NH+]2CC[NH+](CC(=O)Nc3cccc(C(C)=O)c3)CC2)cc1. The van der Waals surface area contributed by atoms with Crippen molar-refractivity contribution in [2.75, 3.05) is 45.2 Å². The summed E-state index contributed by atoms with van der Waals surface area (Å²) in [5.41, 5.74) is 2.60. The average Bonchev–Trinajstić information content (AvgIpc) is 2.70. The van der Waals surface area contributed by atoms with Gasteiger partial charge < -0.3 is 19.9 Å². The van der Waals surface area contributed by atoms with E-state index < -0.39 is 0 Å². The number of carbonyl (C=O) groups excluding carboxylic acids is 2. The first-order valence-electron chi connectivity index (χ1n) is 9.74. The van der Waals surface area contributed by atoms with Crippen LogP contribution in [0.25, 0.3) is 0 Å². The Morgan fingerprint density at radius 3 is 2.32 bits per heavy atom. The highest BCUT2D eigenvalue weighted by atomic mass is 16.5. The van der Waals surface area contributed by atoms with Crippen molar-refractivity contribution in [1.29, 1.82) is 0 Å². The average molecular weight is 383 g/mol. The first-order chi connectivity index (χ1) is 13.5. The van der Waals surface area contributed by atoms with Gasteiger partial charge in [0.05, 0.1) is 7.11 Å². The third-order valence-corrected chi connectivity index (χ3v) is 5.24. The molecule has 28 heavy (non-hydrogen) atoms. The van der Waals surface area contributed by atoms with Gasteiger partial charge in [0.2, 0.25) is 0 Å². The number of carbonyl (C=O) groups is 2. The lowest BCUT2D eigenvalue weighted by Crippen LogP contribution is -3.28. The fourth-order valence-corrected chi connectivity index (χ4v) is 3.59. The fourth-order valence-electron chi connectivity index (χ4n) is 3.59. The molecule has 6 heteroatoms. The number of ketones is 1. The van der Waals surface area contributed by atoms with Crippen LogP contribution in [0.15, 0.2) is 48.5 Å². The van der Waals surface area contributed by atoms with Crippen molar-refractivity contribution >= 4 is 17.4 Å². The molecule has 1 aliphatic rings. The molecule has 0 spiro atoms. The number of anilines is 1. The standard InChI is InChI=1S/C22H27N3O3/c1-17(26)19-4-3-5-20(14-19)23-22(27)16-25-12-10-24(11-13-25)15-18-6-8-21(28-2)9-7-18/h3-9,14H,10-13,15-16H2,1-2H3,(H,23,27)/p+2. The van der Waals surface area contributed by atoms with Gasteiger partial charge in [0, 0.05) is 16.8 Å². The third kappa shape index (κ3) is 5.65. The van der Waals surface area contributed by atoms with Crippen LogP contribution in [0.1, 0.15) is 22.8 Å². The Bertz CT molecular complexity index is 812. The summed E-state index contributed by atoms with van der Waals surface area (Å²) in [4.78, 5) is 26.7. The van der Waals surface area contributed by atoms with Gasteiger partial charge in [0.25, 0.3) is 5.91 Å². The minimum Gasteiger partial charge on any atom is -0.497 e. The highest BCUT2D eigenvalue weighted by Crippen LogP contribution is 2.11. The summed E-state index contributed by atoms with van der Waals surface area (Å²) in [6, 6.07) is 15.3. The molecule has 6 nitrogen and oxygen atoms in total. The summed E-state index contributed by atoms with van der Waals surface area (Å²) in [6.07, 6.45) is 0. The molecular formula is C22H29N3O3+2. The maximum atomic E-state index is 12.4. The molecule has 0 aromatic heterocycles. The molecule has 2 aromatic rings. The lowest BCUT2D eigenvalue weighted by atomic mass is 10.1. The minimum atomic E-state index is -0.00527.